The fourth-order valence-corrected chi connectivity index (χ4v) is 4.34. The van der Waals surface area contributed by atoms with E-state index in [9.17, 15) is 4.79 Å². The minimum Gasteiger partial charge on any atom is -0.356 e. The lowest BCUT2D eigenvalue weighted by atomic mass is 9.95. The first-order chi connectivity index (χ1) is 8.83. The molecule has 18 heavy (non-hydrogen) atoms. The predicted octanol–water partition coefficient (Wildman–Crippen LogP) is 3.01. The van der Waals surface area contributed by atoms with E-state index in [1.54, 1.807) is 0 Å². The normalized spacial score (nSPS) is 27.4. The van der Waals surface area contributed by atoms with Gasteiger partial charge in [-0.15, -0.1) is 11.8 Å². The van der Waals surface area contributed by atoms with Crippen LogP contribution in [0.4, 0.5) is 0 Å². The molecule has 0 radical (unpaired) electrons. The van der Waals surface area contributed by atoms with Crippen molar-refractivity contribution in [2.24, 2.45) is 5.92 Å². The van der Waals surface area contributed by atoms with Gasteiger partial charge in [-0.2, -0.15) is 0 Å². The Hall–Kier alpha value is -0.960. The highest BCUT2D eigenvalue weighted by atomic mass is 32.2. The summed E-state index contributed by atoms with van der Waals surface area (Å²) in [6.07, 6.45) is 5.56. The zero-order valence-electron chi connectivity index (χ0n) is 10.5. The average molecular weight is 261 g/mol. The summed E-state index contributed by atoms with van der Waals surface area (Å²) >= 11 is 1.96. The Morgan fingerprint density at radius 2 is 2.17 bits per heavy atom. The lowest BCUT2D eigenvalue weighted by molar-refractivity contribution is -0.124. The van der Waals surface area contributed by atoms with Crippen molar-refractivity contribution in [3.63, 3.8) is 0 Å². The molecule has 2 aliphatic rings. The standard InChI is InChI=1S/C15H19NOS/c17-15-12(6-3-4-8-16-15)10-13-9-11-5-1-2-7-14(11)18-13/h1-2,5,7,12-13H,3-4,6,8-10H2,(H,16,17). The first kappa shape index (κ1) is 12.1. The van der Waals surface area contributed by atoms with Crippen molar-refractivity contribution in [1.29, 1.82) is 0 Å². The predicted molar refractivity (Wildman–Crippen MR) is 74.8 cm³/mol. The second kappa shape index (κ2) is 5.35. The van der Waals surface area contributed by atoms with Gasteiger partial charge in [0.25, 0.3) is 0 Å². The highest BCUT2D eigenvalue weighted by molar-refractivity contribution is 8.00. The van der Waals surface area contributed by atoms with E-state index in [1.807, 2.05) is 11.8 Å². The van der Waals surface area contributed by atoms with Crippen LogP contribution in [0, 0.1) is 5.92 Å². The fourth-order valence-electron chi connectivity index (χ4n) is 2.93. The Morgan fingerprint density at radius 1 is 1.28 bits per heavy atom. The molecule has 1 aromatic carbocycles. The van der Waals surface area contributed by atoms with Crippen molar-refractivity contribution in [2.45, 2.75) is 42.2 Å². The van der Waals surface area contributed by atoms with Crippen molar-refractivity contribution >= 4 is 17.7 Å². The van der Waals surface area contributed by atoms with E-state index in [4.69, 9.17) is 0 Å². The summed E-state index contributed by atoms with van der Waals surface area (Å²) in [4.78, 5) is 13.4. The lowest BCUT2D eigenvalue weighted by Gasteiger charge is -2.16. The van der Waals surface area contributed by atoms with Crippen molar-refractivity contribution < 1.29 is 4.79 Å². The van der Waals surface area contributed by atoms with E-state index in [1.165, 1.54) is 16.9 Å². The molecular formula is C15H19NOS. The Labute approximate surface area is 113 Å². The van der Waals surface area contributed by atoms with Gasteiger partial charge in [0.05, 0.1) is 0 Å². The molecule has 0 aromatic heterocycles. The van der Waals surface area contributed by atoms with Crippen LogP contribution >= 0.6 is 11.8 Å². The van der Waals surface area contributed by atoms with E-state index in [0.29, 0.717) is 5.25 Å². The molecule has 2 nitrogen and oxygen atoms in total. The van der Waals surface area contributed by atoms with Crippen LogP contribution in [-0.4, -0.2) is 17.7 Å². The number of carbonyl (C=O) groups excluding carboxylic acids is 1. The van der Waals surface area contributed by atoms with E-state index in [-0.39, 0.29) is 11.8 Å². The van der Waals surface area contributed by atoms with Crippen LogP contribution in [-0.2, 0) is 11.2 Å². The largest absolute Gasteiger partial charge is 0.356 e. The zero-order valence-corrected chi connectivity index (χ0v) is 11.3. The number of carbonyl (C=O) groups is 1. The summed E-state index contributed by atoms with van der Waals surface area (Å²) in [6.45, 7) is 0.868. The summed E-state index contributed by atoms with van der Waals surface area (Å²) < 4.78 is 0. The SMILES string of the molecule is O=C1NCCCCC1CC1Cc2ccccc2S1. The number of amides is 1. The van der Waals surface area contributed by atoms with Crippen molar-refractivity contribution in [2.75, 3.05) is 6.54 Å². The van der Waals surface area contributed by atoms with E-state index < -0.39 is 0 Å². The molecule has 1 fully saturated rings. The van der Waals surface area contributed by atoms with Crippen LogP contribution in [0.5, 0.6) is 0 Å². The molecule has 2 atom stereocenters. The van der Waals surface area contributed by atoms with Crippen molar-refractivity contribution in [3.8, 4) is 0 Å². The van der Waals surface area contributed by atoms with Gasteiger partial charge in [0, 0.05) is 22.6 Å². The first-order valence-corrected chi connectivity index (χ1v) is 7.73. The van der Waals surface area contributed by atoms with Gasteiger partial charge in [-0.3, -0.25) is 4.79 Å². The molecule has 3 heteroatoms. The molecular weight excluding hydrogens is 242 g/mol. The summed E-state index contributed by atoms with van der Waals surface area (Å²) in [7, 11) is 0. The van der Waals surface area contributed by atoms with Crippen LogP contribution in [0.1, 0.15) is 31.2 Å². The van der Waals surface area contributed by atoms with Gasteiger partial charge < -0.3 is 5.32 Å². The van der Waals surface area contributed by atoms with Crippen LogP contribution in [0.15, 0.2) is 29.2 Å². The summed E-state index contributed by atoms with van der Waals surface area (Å²) in [5.41, 5.74) is 1.46. The highest BCUT2D eigenvalue weighted by Gasteiger charge is 2.28. The smallest absolute Gasteiger partial charge is 0.223 e. The maximum Gasteiger partial charge on any atom is 0.223 e. The molecule has 2 unspecified atom stereocenters. The maximum atomic E-state index is 12.0. The summed E-state index contributed by atoms with van der Waals surface area (Å²) in [5.74, 6) is 0.517. The molecule has 1 amide bonds. The number of benzene rings is 1. The molecule has 1 aromatic rings. The van der Waals surface area contributed by atoms with Crippen molar-refractivity contribution in [1.82, 2.24) is 5.32 Å². The lowest BCUT2D eigenvalue weighted by Crippen LogP contribution is -2.30. The first-order valence-electron chi connectivity index (χ1n) is 6.85. The van der Waals surface area contributed by atoms with Gasteiger partial charge in [0.15, 0.2) is 0 Å². The van der Waals surface area contributed by atoms with Gasteiger partial charge in [0.1, 0.15) is 0 Å². The third-order valence-corrected chi connectivity index (χ3v) is 5.26. The summed E-state index contributed by atoms with van der Waals surface area (Å²) in [5, 5.41) is 3.64. The van der Waals surface area contributed by atoms with Crippen LogP contribution < -0.4 is 5.32 Å². The zero-order chi connectivity index (χ0) is 12.4. The second-order valence-electron chi connectivity index (χ2n) is 5.27. The number of nitrogens with one attached hydrogen (secondary N) is 1. The van der Waals surface area contributed by atoms with Gasteiger partial charge in [-0.25, -0.2) is 0 Å². The van der Waals surface area contributed by atoms with E-state index in [0.717, 1.165) is 32.2 Å². The average Bonchev–Trinajstić information content (AvgIpc) is 2.68. The molecule has 96 valence electrons. The minimum atomic E-state index is 0.235. The molecule has 1 N–H and O–H groups in total. The van der Waals surface area contributed by atoms with Crippen LogP contribution in [0.25, 0.3) is 0 Å². The topological polar surface area (TPSA) is 29.1 Å². The van der Waals surface area contributed by atoms with Crippen molar-refractivity contribution in [3.05, 3.63) is 29.8 Å². The number of fused-ring (bicyclic) bond motifs is 1. The van der Waals surface area contributed by atoms with Gasteiger partial charge in [-0.05, 0) is 37.3 Å². The number of hydrogen-bond acceptors (Lipinski definition) is 2. The molecule has 0 saturated carbocycles. The minimum absolute atomic E-state index is 0.235. The summed E-state index contributed by atoms with van der Waals surface area (Å²) in [6, 6.07) is 8.63. The van der Waals surface area contributed by atoms with E-state index in [2.05, 4.69) is 29.6 Å². The fraction of sp³-hybridized carbons (Fsp3) is 0.533. The Balaban J connectivity index is 1.63. The number of thioether (sulfide) groups is 1. The van der Waals surface area contributed by atoms with E-state index >= 15 is 0 Å². The molecule has 0 bridgehead atoms. The highest BCUT2D eigenvalue weighted by Crippen LogP contribution is 2.40. The second-order valence-corrected chi connectivity index (χ2v) is 6.61. The third-order valence-electron chi connectivity index (χ3n) is 3.91. The Kier molecular flexibility index (Phi) is 3.59. The number of hydrogen-bond donors (Lipinski definition) is 1. The number of rotatable bonds is 2. The molecule has 0 aliphatic carbocycles. The van der Waals surface area contributed by atoms with Gasteiger partial charge in [0.2, 0.25) is 5.91 Å². The molecule has 0 spiro atoms. The molecule has 2 heterocycles. The molecule has 3 rings (SSSR count). The monoisotopic (exact) mass is 261 g/mol. The quantitative estimate of drug-likeness (QED) is 0.886. The van der Waals surface area contributed by atoms with Crippen LogP contribution in [0.3, 0.4) is 0 Å². The van der Waals surface area contributed by atoms with Gasteiger partial charge in [-0.1, -0.05) is 24.6 Å². The van der Waals surface area contributed by atoms with Gasteiger partial charge >= 0.3 is 0 Å². The van der Waals surface area contributed by atoms with Crippen LogP contribution in [0.2, 0.25) is 0 Å². The Morgan fingerprint density at radius 3 is 3.06 bits per heavy atom. The molecule has 2 aliphatic heterocycles. The third kappa shape index (κ3) is 2.56. The Bertz CT molecular complexity index is 421. The molecule has 1 saturated heterocycles. The maximum absolute atomic E-state index is 12.0.